The van der Waals surface area contributed by atoms with Crippen molar-refractivity contribution >= 4 is 40.3 Å². The third-order valence-corrected chi connectivity index (χ3v) is 4.28. The number of thioether (sulfide) groups is 1. The van der Waals surface area contributed by atoms with Crippen molar-refractivity contribution in [3.8, 4) is 11.5 Å². The molecule has 0 aromatic heterocycles. The van der Waals surface area contributed by atoms with Crippen molar-refractivity contribution in [1.82, 2.24) is 4.90 Å². The number of carbonyl (C=O) groups is 1. The second kappa shape index (κ2) is 6.76. The minimum Gasteiger partial charge on any atom is -0.493 e. The highest BCUT2D eigenvalue weighted by Gasteiger charge is 2.21. The standard InChI is InChI=1S/C14H15NO3S2/c1-17-11-5-3-10(9-12(11)18-2)4-6-13(16)15-7-8-20-14(15)19/h3-6,9H,7-8H2,1-2H3/b6-4-. The molecule has 0 bridgehead atoms. The maximum Gasteiger partial charge on any atom is 0.252 e. The molecule has 0 radical (unpaired) electrons. The van der Waals surface area contributed by atoms with Gasteiger partial charge in [0.05, 0.1) is 14.2 Å². The summed E-state index contributed by atoms with van der Waals surface area (Å²) in [5, 5.41) is 0. The molecule has 106 valence electrons. The Labute approximate surface area is 127 Å². The van der Waals surface area contributed by atoms with Crippen molar-refractivity contribution in [2.75, 3.05) is 26.5 Å². The number of carbonyl (C=O) groups excluding carboxylic acids is 1. The van der Waals surface area contributed by atoms with Gasteiger partial charge in [-0.2, -0.15) is 0 Å². The zero-order chi connectivity index (χ0) is 14.5. The third-order valence-electron chi connectivity index (χ3n) is 2.85. The van der Waals surface area contributed by atoms with Crippen LogP contribution in [0.2, 0.25) is 0 Å². The van der Waals surface area contributed by atoms with Crippen LogP contribution < -0.4 is 9.47 Å². The van der Waals surface area contributed by atoms with E-state index in [1.54, 1.807) is 31.3 Å². The van der Waals surface area contributed by atoms with Crippen LogP contribution in [0.5, 0.6) is 11.5 Å². The molecule has 4 nitrogen and oxygen atoms in total. The van der Waals surface area contributed by atoms with E-state index in [0.29, 0.717) is 22.4 Å². The highest BCUT2D eigenvalue weighted by molar-refractivity contribution is 8.23. The first-order valence-electron chi connectivity index (χ1n) is 6.04. The summed E-state index contributed by atoms with van der Waals surface area (Å²) in [6.45, 7) is 0.679. The van der Waals surface area contributed by atoms with Crippen molar-refractivity contribution in [1.29, 1.82) is 0 Å². The Bertz CT molecular complexity index is 557. The molecule has 0 aliphatic carbocycles. The summed E-state index contributed by atoms with van der Waals surface area (Å²) in [5.74, 6) is 2.08. The maximum atomic E-state index is 12.0. The normalized spacial score (nSPS) is 14.9. The fourth-order valence-corrected chi connectivity index (χ4v) is 3.02. The summed E-state index contributed by atoms with van der Waals surface area (Å²) in [6.07, 6.45) is 3.27. The van der Waals surface area contributed by atoms with Gasteiger partial charge in [-0.3, -0.25) is 9.69 Å². The van der Waals surface area contributed by atoms with Crippen LogP contribution in [0, 0.1) is 0 Å². The molecule has 1 aliphatic rings. The SMILES string of the molecule is COc1ccc(/C=C\C(=O)N2CCSC2=S)cc1OC. The molecule has 1 aromatic carbocycles. The van der Waals surface area contributed by atoms with Crippen LogP contribution in [0.1, 0.15) is 5.56 Å². The fourth-order valence-electron chi connectivity index (χ4n) is 1.81. The van der Waals surface area contributed by atoms with Gasteiger partial charge < -0.3 is 9.47 Å². The summed E-state index contributed by atoms with van der Waals surface area (Å²) in [5.41, 5.74) is 0.869. The minimum atomic E-state index is -0.0882. The van der Waals surface area contributed by atoms with Crippen molar-refractivity contribution in [3.05, 3.63) is 29.8 Å². The van der Waals surface area contributed by atoms with E-state index < -0.39 is 0 Å². The van der Waals surface area contributed by atoms with Crippen molar-refractivity contribution in [3.63, 3.8) is 0 Å². The van der Waals surface area contributed by atoms with Crippen LogP contribution >= 0.6 is 24.0 Å². The lowest BCUT2D eigenvalue weighted by Crippen LogP contribution is -2.28. The largest absolute Gasteiger partial charge is 0.493 e. The van der Waals surface area contributed by atoms with Crippen molar-refractivity contribution < 1.29 is 14.3 Å². The molecule has 0 spiro atoms. The van der Waals surface area contributed by atoms with Crippen LogP contribution in [-0.2, 0) is 4.79 Å². The van der Waals surface area contributed by atoms with Gasteiger partial charge in [0, 0.05) is 18.4 Å². The van der Waals surface area contributed by atoms with Gasteiger partial charge in [-0.25, -0.2) is 0 Å². The van der Waals surface area contributed by atoms with E-state index in [4.69, 9.17) is 21.7 Å². The van der Waals surface area contributed by atoms with Crippen LogP contribution in [0.3, 0.4) is 0 Å². The number of hydrogen-bond donors (Lipinski definition) is 0. The van der Waals surface area contributed by atoms with Gasteiger partial charge in [-0.05, 0) is 23.8 Å². The average molecular weight is 309 g/mol. The summed E-state index contributed by atoms with van der Waals surface area (Å²) in [4.78, 5) is 13.6. The molecule has 1 aromatic rings. The van der Waals surface area contributed by atoms with E-state index in [1.165, 1.54) is 17.8 Å². The number of thiocarbonyl (C=S) groups is 1. The number of nitrogens with zero attached hydrogens (tertiary/aromatic N) is 1. The Morgan fingerprint density at radius 3 is 2.70 bits per heavy atom. The number of methoxy groups -OCH3 is 2. The minimum absolute atomic E-state index is 0.0882. The van der Waals surface area contributed by atoms with Crippen molar-refractivity contribution in [2.24, 2.45) is 0 Å². The van der Waals surface area contributed by atoms with Gasteiger partial charge >= 0.3 is 0 Å². The van der Waals surface area contributed by atoms with Crippen LogP contribution in [0.25, 0.3) is 6.08 Å². The van der Waals surface area contributed by atoms with Gasteiger partial charge in [-0.1, -0.05) is 30.0 Å². The molecule has 20 heavy (non-hydrogen) atoms. The molecule has 1 amide bonds. The maximum absolute atomic E-state index is 12.0. The Morgan fingerprint density at radius 2 is 2.10 bits per heavy atom. The Morgan fingerprint density at radius 1 is 1.35 bits per heavy atom. The van der Waals surface area contributed by atoms with Gasteiger partial charge in [0.15, 0.2) is 11.5 Å². The molecule has 0 saturated carbocycles. The van der Waals surface area contributed by atoms with Gasteiger partial charge in [0.1, 0.15) is 4.32 Å². The lowest BCUT2D eigenvalue weighted by Gasteiger charge is -2.11. The Balaban J connectivity index is 2.11. The van der Waals surface area contributed by atoms with E-state index in [9.17, 15) is 4.79 Å². The summed E-state index contributed by atoms with van der Waals surface area (Å²) >= 11 is 6.65. The lowest BCUT2D eigenvalue weighted by molar-refractivity contribution is -0.121. The average Bonchev–Trinajstić information content (AvgIpc) is 2.90. The van der Waals surface area contributed by atoms with Gasteiger partial charge in [-0.15, -0.1) is 0 Å². The smallest absolute Gasteiger partial charge is 0.252 e. The highest BCUT2D eigenvalue weighted by atomic mass is 32.2. The molecule has 2 rings (SSSR count). The molecule has 1 fully saturated rings. The van der Waals surface area contributed by atoms with Crippen molar-refractivity contribution in [2.45, 2.75) is 0 Å². The monoisotopic (exact) mass is 309 g/mol. The van der Waals surface area contributed by atoms with E-state index in [-0.39, 0.29) is 5.91 Å². The van der Waals surface area contributed by atoms with Gasteiger partial charge in [0.2, 0.25) is 0 Å². The fraction of sp³-hybridized carbons (Fsp3) is 0.286. The molecule has 1 saturated heterocycles. The number of benzene rings is 1. The topological polar surface area (TPSA) is 38.8 Å². The third kappa shape index (κ3) is 3.32. The van der Waals surface area contributed by atoms with E-state index in [0.717, 1.165) is 11.3 Å². The summed E-state index contributed by atoms with van der Waals surface area (Å²) in [7, 11) is 3.17. The zero-order valence-corrected chi connectivity index (χ0v) is 12.9. The predicted octanol–water partition coefficient (Wildman–Crippen LogP) is 2.58. The van der Waals surface area contributed by atoms with Crippen LogP contribution in [0.4, 0.5) is 0 Å². The Kier molecular flexibility index (Phi) is 5.03. The molecular formula is C14H15NO3S2. The van der Waals surface area contributed by atoms with E-state index in [2.05, 4.69) is 0 Å². The molecular weight excluding hydrogens is 294 g/mol. The lowest BCUT2D eigenvalue weighted by atomic mass is 10.2. The molecule has 6 heteroatoms. The summed E-state index contributed by atoms with van der Waals surface area (Å²) in [6, 6.07) is 5.49. The quantitative estimate of drug-likeness (QED) is 0.631. The first kappa shape index (κ1) is 14.9. The second-order valence-electron chi connectivity index (χ2n) is 4.05. The number of rotatable bonds is 4. The molecule has 1 heterocycles. The summed E-state index contributed by atoms with van der Waals surface area (Å²) < 4.78 is 11.0. The molecule has 0 atom stereocenters. The van der Waals surface area contributed by atoms with Gasteiger partial charge in [0.25, 0.3) is 5.91 Å². The number of amides is 1. The van der Waals surface area contributed by atoms with E-state index in [1.807, 2.05) is 12.1 Å². The van der Waals surface area contributed by atoms with Crippen LogP contribution in [0.15, 0.2) is 24.3 Å². The second-order valence-corrected chi connectivity index (χ2v) is 5.78. The predicted molar refractivity (Wildman–Crippen MR) is 85.3 cm³/mol. The number of hydrogen-bond acceptors (Lipinski definition) is 5. The number of ether oxygens (including phenoxy) is 2. The first-order chi connectivity index (χ1) is 9.65. The first-order valence-corrected chi connectivity index (χ1v) is 7.43. The van der Waals surface area contributed by atoms with E-state index >= 15 is 0 Å². The zero-order valence-electron chi connectivity index (χ0n) is 11.3. The highest BCUT2D eigenvalue weighted by Crippen LogP contribution is 2.28. The Hall–Kier alpha value is -1.53. The molecule has 0 N–H and O–H groups in total. The van der Waals surface area contributed by atoms with Crippen LogP contribution in [-0.4, -0.2) is 41.6 Å². The molecule has 1 aliphatic heterocycles. The molecule has 0 unspecified atom stereocenters.